The lowest BCUT2D eigenvalue weighted by Crippen LogP contribution is -2.23. The van der Waals surface area contributed by atoms with Gasteiger partial charge in [-0.05, 0) is 24.6 Å². The SMILES string of the molecule is CCOC(=O)C(CNc1ccccc1)c1ccccc1. The Kier molecular flexibility index (Phi) is 5.18. The Balaban J connectivity index is 2.09. The van der Waals surface area contributed by atoms with Gasteiger partial charge in [-0.2, -0.15) is 0 Å². The number of para-hydroxylation sites is 1. The molecule has 0 amide bonds. The van der Waals surface area contributed by atoms with Crippen LogP contribution in [0.4, 0.5) is 5.69 Å². The number of rotatable bonds is 6. The fourth-order valence-corrected chi connectivity index (χ4v) is 2.04. The summed E-state index contributed by atoms with van der Waals surface area (Å²) in [5.74, 6) is -0.488. The minimum absolute atomic E-state index is 0.192. The number of hydrogen-bond acceptors (Lipinski definition) is 3. The molecule has 20 heavy (non-hydrogen) atoms. The second-order valence-corrected chi connectivity index (χ2v) is 4.46. The summed E-state index contributed by atoms with van der Waals surface area (Å²) < 4.78 is 5.17. The Labute approximate surface area is 119 Å². The molecule has 2 aromatic carbocycles. The third kappa shape index (κ3) is 3.85. The smallest absolute Gasteiger partial charge is 0.315 e. The Morgan fingerprint density at radius 1 is 1.05 bits per heavy atom. The topological polar surface area (TPSA) is 38.3 Å². The molecule has 1 N–H and O–H groups in total. The van der Waals surface area contributed by atoms with Gasteiger partial charge in [-0.3, -0.25) is 4.79 Å². The predicted octanol–water partition coefficient (Wildman–Crippen LogP) is 3.45. The number of hydrogen-bond donors (Lipinski definition) is 1. The maximum absolute atomic E-state index is 12.1. The Morgan fingerprint density at radius 3 is 2.25 bits per heavy atom. The molecular formula is C17H19NO2. The van der Waals surface area contributed by atoms with Crippen LogP contribution in [-0.4, -0.2) is 19.1 Å². The van der Waals surface area contributed by atoms with E-state index in [4.69, 9.17) is 4.74 Å². The second kappa shape index (κ2) is 7.34. The summed E-state index contributed by atoms with van der Waals surface area (Å²) in [5, 5.41) is 3.28. The largest absolute Gasteiger partial charge is 0.465 e. The maximum Gasteiger partial charge on any atom is 0.315 e. The quantitative estimate of drug-likeness (QED) is 0.816. The summed E-state index contributed by atoms with van der Waals surface area (Å²) in [4.78, 5) is 12.1. The molecule has 2 aromatic rings. The number of anilines is 1. The molecule has 0 bridgehead atoms. The summed E-state index contributed by atoms with van der Waals surface area (Å²) in [7, 11) is 0. The summed E-state index contributed by atoms with van der Waals surface area (Å²) in [6.07, 6.45) is 0. The molecule has 0 radical (unpaired) electrons. The van der Waals surface area contributed by atoms with Crippen molar-refractivity contribution in [2.24, 2.45) is 0 Å². The van der Waals surface area contributed by atoms with Crippen LogP contribution < -0.4 is 5.32 Å². The molecule has 0 spiro atoms. The highest BCUT2D eigenvalue weighted by atomic mass is 16.5. The van der Waals surface area contributed by atoms with E-state index in [0.717, 1.165) is 11.3 Å². The molecule has 2 rings (SSSR count). The molecule has 0 aliphatic rings. The molecule has 3 heteroatoms. The van der Waals surface area contributed by atoms with Crippen molar-refractivity contribution >= 4 is 11.7 Å². The Morgan fingerprint density at radius 2 is 1.65 bits per heavy atom. The second-order valence-electron chi connectivity index (χ2n) is 4.46. The van der Waals surface area contributed by atoms with Crippen molar-refractivity contribution in [1.82, 2.24) is 0 Å². The van der Waals surface area contributed by atoms with E-state index in [1.54, 1.807) is 0 Å². The minimum atomic E-state index is -0.295. The fraction of sp³-hybridized carbons (Fsp3) is 0.235. The highest BCUT2D eigenvalue weighted by Gasteiger charge is 2.21. The monoisotopic (exact) mass is 269 g/mol. The van der Waals surface area contributed by atoms with Crippen molar-refractivity contribution < 1.29 is 9.53 Å². The number of carbonyl (C=O) groups excluding carboxylic acids is 1. The van der Waals surface area contributed by atoms with Crippen molar-refractivity contribution in [2.45, 2.75) is 12.8 Å². The van der Waals surface area contributed by atoms with Crippen LogP contribution in [0.2, 0.25) is 0 Å². The number of esters is 1. The third-order valence-corrected chi connectivity index (χ3v) is 3.06. The number of carbonyl (C=O) groups is 1. The molecule has 0 heterocycles. The van der Waals surface area contributed by atoms with Crippen molar-refractivity contribution in [3.8, 4) is 0 Å². The van der Waals surface area contributed by atoms with Crippen molar-refractivity contribution in [3.63, 3.8) is 0 Å². The van der Waals surface area contributed by atoms with Crippen LogP contribution in [0, 0.1) is 0 Å². The van der Waals surface area contributed by atoms with E-state index < -0.39 is 0 Å². The lowest BCUT2D eigenvalue weighted by Gasteiger charge is -2.17. The van der Waals surface area contributed by atoms with Crippen LogP contribution in [0.5, 0.6) is 0 Å². The average molecular weight is 269 g/mol. The third-order valence-electron chi connectivity index (χ3n) is 3.06. The van der Waals surface area contributed by atoms with Crippen molar-refractivity contribution in [1.29, 1.82) is 0 Å². The van der Waals surface area contributed by atoms with Crippen LogP contribution in [-0.2, 0) is 9.53 Å². The van der Waals surface area contributed by atoms with Gasteiger partial charge >= 0.3 is 5.97 Å². The first kappa shape index (κ1) is 14.1. The molecule has 0 aromatic heterocycles. The molecule has 0 aliphatic carbocycles. The van der Waals surface area contributed by atoms with Crippen LogP contribution in [0.25, 0.3) is 0 Å². The number of nitrogens with one attached hydrogen (secondary N) is 1. The van der Waals surface area contributed by atoms with Gasteiger partial charge in [-0.15, -0.1) is 0 Å². The molecule has 0 saturated carbocycles. The van der Waals surface area contributed by atoms with Gasteiger partial charge in [0, 0.05) is 12.2 Å². The Bertz CT molecular complexity index is 525. The average Bonchev–Trinajstić information content (AvgIpc) is 2.50. The van der Waals surface area contributed by atoms with Gasteiger partial charge in [0.2, 0.25) is 0 Å². The van der Waals surface area contributed by atoms with E-state index >= 15 is 0 Å². The first-order valence-corrected chi connectivity index (χ1v) is 6.81. The number of benzene rings is 2. The maximum atomic E-state index is 12.1. The van der Waals surface area contributed by atoms with Crippen LogP contribution in [0.15, 0.2) is 60.7 Å². The predicted molar refractivity (Wildman–Crippen MR) is 80.7 cm³/mol. The lowest BCUT2D eigenvalue weighted by atomic mass is 9.99. The Hall–Kier alpha value is -2.29. The zero-order valence-corrected chi connectivity index (χ0v) is 11.6. The van der Waals surface area contributed by atoms with Crippen LogP contribution in [0.1, 0.15) is 18.4 Å². The summed E-state index contributed by atoms with van der Waals surface area (Å²) in [5.41, 5.74) is 1.96. The molecular weight excluding hydrogens is 250 g/mol. The molecule has 0 aliphatic heterocycles. The van der Waals surface area contributed by atoms with Gasteiger partial charge in [0.05, 0.1) is 12.5 Å². The van der Waals surface area contributed by atoms with Gasteiger partial charge in [-0.1, -0.05) is 48.5 Å². The van der Waals surface area contributed by atoms with E-state index in [1.807, 2.05) is 67.6 Å². The fourth-order valence-electron chi connectivity index (χ4n) is 2.04. The van der Waals surface area contributed by atoms with Gasteiger partial charge in [0.25, 0.3) is 0 Å². The molecule has 104 valence electrons. The van der Waals surface area contributed by atoms with Crippen molar-refractivity contribution in [2.75, 3.05) is 18.5 Å². The molecule has 3 nitrogen and oxygen atoms in total. The normalized spacial score (nSPS) is 11.7. The van der Waals surface area contributed by atoms with E-state index in [0.29, 0.717) is 13.2 Å². The summed E-state index contributed by atoms with van der Waals surface area (Å²) in [6.45, 7) is 2.74. The van der Waals surface area contributed by atoms with E-state index in [9.17, 15) is 4.79 Å². The van der Waals surface area contributed by atoms with E-state index in [-0.39, 0.29) is 11.9 Å². The van der Waals surface area contributed by atoms with Crippen LogP contribution >= 0.6 is 0 Å². The van der Waals surface area contributed by atoms with Gasteiger partial charge in [-0.25, -0.2) is 0 Å². The first-order valence-electron chi connectivity index (χ1n) is 6.81. The first-order chi connectivity index (χ1) is 9.81. The summed E-state index contributed by atoms with van der Waals surface area (Å²) >= 11 is 0. The van der Waals surface area contributed by atoms with Gasteiger partial charge in [0.15, 0.2) is 0 Å². The number of ether oxygens (including phenoxy) is 1. The van der Waals surface area contributed by atoms with Gasteiger partial charge in [0.1, 0.15) is 0 Å². The minimum Gasteiger partial charge on any atom is -0.465 e. The summed E-state index contributed by atoms with van der Waals surface area (Å²) in [6, 6.07) is 19.6. The van der Waals surface area contributed by atoms with E-state index in [2.05, 4.69) is 5.32 Å². The standard InChI is InChI=1S/C17H19NO2/c1-2-20-17(19)16(14-9-5-3-6-10-14)13-18-15-11-7-4-8-12-15/h3-12,16,18H,2,13H2,1H3. The highest BCUT2D eigenvalue weighted by Crippen LogP contribution is 2.18. The molecule has 0 saturated heterocycles. The highest BCUT2D eigenvalue weighted by molar-refractivity contribution is 5.79. The zero-order chi connectivity index (χ0) is 14.2. The zero-order valence-electron chi connectivity index (χ0n) is 11.6. The van der Waals surface area contributed by atoms with Crippen molar-refractivity contribution in [3.05, 3.63) is 66.2 Å². The van der Waals surface area contributed by atoms with Crippen LogP contribution in [0.3, 0.4) is 0 Å². The lowest BCUT2D eigenvalue weighted by molar-refractivity contribution is -0.144. The van der Waals surface area contributed by atoms with Gasteiger partial charge < -0.3 is 10.1 Å². The molecule has 0 fully saturated rings. The van der Waals surface area contributed by atoms with E-state index in [1.165, 1.54) is 0 Å². The molecule has 1 unspecified atom stereocenters. The molecule has 1 atom stereocenters.